The number of hydrogen-bond donors (Lipinski definition) is 2. The van der Waals surface area contributed by atoms with E-state index in [-0.39, 0.29) is 5.41 Å². The molecule has 0 saturated carbocycles. The topological polar surface area (TPSA) is 87.8 Å². The maximum absolute atomic E-state index is 5.49. The van der Waals surface area contributed by atoms with E-state index >= 15 is 0 Å². The average molecular weight is 379 g/mol. The number of rotatable bonds is 5. The normalized spacial score (nSPS) is 23.0. The van der Waals surface area contributed by atoms with Crippen LogP contribution in [0.1, 0.15) is 51.7 Å². The summed E-state index contributed by atoms with van der Waals surface area (Å²) in [5.41, 5.74) is -0.135. The number of likely N-dealkylation sites (tertiary alicyclic amines) is 1. The van der Waals surface area contributed by atoms with Crippen molar-refractivity contribution in [2.24, 2.45) is 10.9 Å². The molecule has 27 heavy (non-hydrogen) atoms. The van der Waals surface area contributed by atoms with Gasteiger partial charge in [-0.15, -0.1) is 0 Å². The van der Waals surface area contributed by atoms with Crippen LogP contribution in [0.5, 0.6) is 0 Å². The zero-order chi connectivity index (χ0) is 19.3. The number of guanidine groups is 1. The Kier molecular flexibility index (Phi) is 6.70. The monoisotopic (exact) mass is 378 g/mol. The Morgan fingerprint density at radius 2 is 2.04 bits per heavy atom. The Morgan fingerprint density at radius 3 is 2.63 bits per heavy atom. The Balaban J connectivity index is 1.39. The summed E-state index contributed by atoms with van der Waals surface area (Å²) in [6.07, 6.45) is 3.47. The van der Waals surface area contributed by atoms with Gasteiger partial charge in [0.2, 0.25) is 5.89 Å². The van der Waals surface area contributed by atoms with Gasteiger partial charge in [0.05, 0.1) is 13.2 Å². The predicted octanol–water partition coefficient (Wildman–Crippen LogP) is 1.53. The van der Waals surface area contributed by atoms with Crippen molar-refractivity contribution < 1.29 is 9.26 Å². The largest absolute Gasteiger partial charge is 0.381 e. The highest BCUT2D eigenvalue weighted by atomic mass is 16.5. The lowest BCUT2D eigenvalue weighted by molar-refractivity contribution is 0.150. The Hall–Kier alpha value is -1.67. The van der Waals surface area contributed by atoms with Crippen LogP contribution in [0.3, 0.4) is 0 Å². The minimum absolute atomic E-state index is 0.135. The highest BCUT2D eigenvalue weighted by Crippen LogP contribution is 2.20. The number of piperidine rings is 1. The smallest absolute Gasteiger partial charge is 0.232 e. The fourth-order valence-corrected chi connectivity index (χ4v) is 3.53. The second-order valence-corrected chi connectivity index (χ2v) is 8.64. The fraction of sp³-hybridized carbons (Fsp3) is 0.842. The van der Waals surface area contributed by atoms with E-state index in [1.54, 1.807) is 7.05 Å². The Labute approximate surface area is 162 Å². The molecule has 0 spiro atoms. The van der Waals surface area contributed by atoms with E-state index in [2.05, 4.69) is 51.4 Å². The number of ether oxygens (including phenoxy) is 1. The lowest BCUT2D eigenvalue weighted by Crippen LogP contribution is -2.49. The molecular formula is C19H34N6O2. The Morgan fingerprint density at radius 1 is 1.26 bits per heavy atom. The molecule has 0 bridgehead atoms. The number of aliphatic imine (C=N–C) groups is 1. The third-order valence-electron chi connectivity index (χ3n) is 5.22. The third kappa shape index (κ3) is 5.90. The Bertz CT molecular complexity index is 610. The molecule has 3 heterocycles. The highest BCUT2D eigenvalue weighted by molar-refractivity contribution is 5.79. The van der Waals surface area contributed by atoms with Gasteiger partial charge in [0.15, 0.2) is 11.8 Å². The van der Waals surface area contributed by atoms with Crippen molar-refractivity contribution in [2.45, 2.75) is 58.0 Å². The highest BCUT2D eigenvalue weighted by Gasteiger charge is 2.25. The molecule has 2 aliphatic rings. The van der Waals surface area contributed by atoms with E-state index in [1.807, 2.05) is 0 Å². The van der Waals surface area contributed by atoms with Crippen molar-refractivity contribution in [1.29, 1.82) is 0 Å². The van der Waals surface area contributed by atoms with Crippen molar-refractivity contribution >= 4 is 5.96 Å². The number of hydrogen-bond acceptors (Lipinski definition) is 6. The van der Waals surface area contributed by atoms with Gasteiger partial charge in [-0.25, -0.2) is 0 Å². The molecule has 8 heteroatoms. The van der Waals surface area contributed by atoms with Gasteiger partial charge in [-0.3, -0.25) is 4.99 Å². The second-order valence-electron chi connectivity index (χ2n) is 8.64. The summed E-state index contributed by atoms with van der Waals surface area (Å²) in [6.45, 7) is 12.0. The molecule has 0 radical (unpaired) electrons. The van der Waals surface area contributed by atoms with Crippen LogP contribution in [0.15, 0.2) is 9.52 Å². The maximum atomic E-state index is 5.49. The average Bonchev–Trinajstić information content (AvgIpc) is 3.31. The van der Waals surface area contributed by atoms with Crippen LogP contribution in [-0.4, -0.2) is 66.9 Å². The zero-order valence-electron chi connectivity index (χ0n) is 17.1. The van der Waals surface area contributed by atoms with E-state index in [0.717, 1.165) is 51.0 Å². The molecule has 0 amide bonds. The third-order valence-corrected chi connectivity index (χ3v) is 5.22. The quantitative estimate of drug-likeness (QED) is 0.593. The van der Waals surface area contributed by atoms with Crippen LogP contribution in [0.4, 0.5) is 0 Å². The first-order chi connectivity index (χ1) is 12.9. The summed E-state index contributed by atoms with van der Waals surface area (Å²) in [4.78, 5) is 11.4. The summed E-state index contributed by atoms with van der Waals surface area (Å²) >= 11 is 0. The second kappa shape index (κ2) is 9.01. The van der Waals surface area contributed by atoms with Gasteiger partial charge < -0.3 is 24.8 Å². The lowest BCUT2D eigenvalue weighted by Gasteiger charge is -2.34. The molecule has 2 N–H and O–H groups in total. The van der Waals surface area contributed by atoms with Crippen LogP contribution >= 0.6 is 0 Å². The van der Waals surface area contributed by atoms with Crippen LogP contribution < -0.4 is 10.6 Å². The van der Waals surface area contributed by atoms with Crippen LogP contribution in [0.25, 0.3) is 0 Å². The van der Waals surface area contributed by atoms with Crippen molar-refractivity contribution in [3.05, 3.63) is 11.7 Å². The van der Waals surface area contributed by atoms with Crippen molar-refractivity contribution in [3.63, 3.8) is 0 Å². The molecule has 2 saturated heterocycles. The van der Waals surface area contributed by atoms with E-state index in [4.69, 9.17) is 9.26 Å². The van der Waals surface area contributed by atoms with E-state index < -0.39 is 0 Å². The first-order valence-electron chi connectivity index (χ1n) is 10.0. The summed E-state index contributed by atoms with van der Waals surface area (Å²) in [5.74, 6) is 2.82. The minimum atomic E-state index is -0.135. The fourth-order valence-electron chi connectivity index (χ4n) is 3.53. The maximum Gasteiger partial charge on any atom is 0.232 e. The van der Waals surface area contributed by atoms with Gasteiger partial charge in [0.1, 0.15) is 0 Å². The summed E-state index contributed by atoms with van der Waals surface area (Å²) in [7, 11) is 1.79. The van der Waals surface area contributed by atoms with Gasteiger partial charge in [0.25, 0.3) is 0 Å². The van der Waals surface area contributed by atoms with Crippen LogP contribution in [-0.2, 0) is 16.7 Å². The molecule has 2 fully saturated rings. The minimum Gasteiger partial charge on any atom is -0.381 e. The molecule has 1 aromatic rings. The standard InChI is InChI=1S/C19H34N6O2/c1-19(2,3)17-23-16(24-27-17)11-21-18(20-4)22-15-5-8-25(9-6-15)12-14-7-10-26-13-14/h14-15H,5-13H2,1-4H3,(H2,20,21,22). The van der Waals surface area contributed by atoms with Gasteiger partial charge in [-0.05, 0) is 25.2 Å². The summed E-state index contributed by atoms with van der Waals surface area (Å²) in [6, 6.07) is 0.447. The van der Waals surface area contributed by atoms with Crippen molar-refractivity contribution in [2.75, 3.05) is 39.9 Å². The lowest BCUT2D eigenvalue weighted by atomic mass is 9.97. The van der Waals surface area contributed by atoms with E-state index in [9.17, 15) is 0 Å². The first kappa shape index (κ1) is 20.1. The number of nitrogens with zero attached hydrogens (tertiary/aromatic N) is 4. The molecule has 1 unspecified atom stereocenters. The summed E-state index contributed by atoms with van der Waals surface area (Å²) < 4.78 is 10.8. The summed E-state index contributed by atoms with van der Waals surface area (Å²) in [5, 5.41) is 10.9. The molecule has 152 valence electrons. The molecule has 0 aromatic carbocycles. The zero-order valence-corrected chi connectivity index (χ0v) is 17.1. The number of nitrogens with one attached hydrogen (secondary N) is 2. The molecule has 0 aliphatic carbocycles. The van der Waals surface area contributed by atoms with Gasteiger partial charge in [-0.1, -0.05) is 25.9 Å². The van der Waals surface area contributed by atoms with E-state index in [1.165, 1.54) is 13.0 Å². The predicted molar refractivity (Wildman–Crippen MR) is 105 cm³/mol. The van der Waals surface area contributed by atoms with E-state index in [0.29, 0.717) is 24.3 Å². The first-order valence-corrected chi connectivity index (χ1v) is 10.0. The SMILES string of the molecule is CN=C(NCc1noc(C(C)(C)C)n1)NC1CCN(CC2CCOC2)CC1. The molecule has 8 nitrogen and oxygen atoms in total. The molecule has 3 rings (SSSR count). The van der Waals surface area contributed by atoms with Gasteiger partial charge in [-0.2, -0.15) is 4.98 Å². The van der Waals surface area contributed by atoms with Gasteiger partial charge in [0, 0.05) is 44.7 Å². The van der Waals surface area contributed by atoms with Crippen molar-refractivity contribution in [3.8, 4) is 0 Å². The van der Waals surface area contributed by atoms with Crippen molar-refractivity contribution in [1.82, 2.24) is 25.7 Å². The molecular weight excluding hydrogens is 344 g/mol. The van der Waals surface area contributed by atoms with Crippen LogP contribution in [0.2, 0.25) is 0 Å². The van der Waals surface area contributed by atoms with Crippen LogP contribution in [0, 0.1) is 5.92 Å². The van der Waals surface area contributed by atoms with Gasteiger partial charge >= 0.3 is 0 Å². The molecule has 1 aromatic heterocycles. The molecule has 2 aliphatic heterocycles. The molecule has 1 atom stereocenters. The number of aromatic nitrogens is 2.